The fraction of sp³-hybridized carbons (Fsp3) is 0.520. The van der Waals surface area contributed by atoms with Crippen LogP contribution >= 0.6 is 22.6 Å². The van der Waals surface area contributed by atoms with Crippen LogP contribution in [0.25, 0.3) is 10.9 Å². The van der Waals surface area contributed by atoms with Gasteiger partial charge in [-0.15, -0.1) is 0 Å². The lowest BCUT2D eigenvalue weighted by Crippen LogP contribution is -2.60. The molecule has 1 aliphatic heterocycles. The van der Waals surface area contributed by atoms with Crippen molar-refractivity contribution in [3.05, 3.63) is 43.2 Å². The standard InChI is InChI=1S/C25H31IN2O7/c1-9-33-20(30)16-12-28-18-15(19(16)29)10-14(26)11-17(18)25(13-27(28)8,21(31)34-23(2,3)4)22(32)35-24(5,6)7/h10-12H,9,13H2,1-8H3. The minimum atomic E-state index is -1.87. The number of aromatic nitrogens is 1. The summed E-state index contributed by atoms with van der Waals surface area (Å²) in [5.41, 5.74) is -3.70. The molecule has 10 heteroatoms. The molecule has 0 unspecified atom stereocenters. The normalized spacial score (nSPS) is 15.1. The molecule has 1 aromatic carbocycles. The molecule has 190 valence electrons. The lowest BCUT2D eigenvalue weighted by atomic mass is 9.77. The molecular weight excluding hydrogens is 567 g/mol. The van der Waals surface area contributed by atoms with Gasteiger partial charge >= 0.3 is 17.9 Å². The van der Waals surface area contributed by atoms with E-state index in [0.29, 0.717) is 9.09 Å². The lowest BCUT2D eigenvalue weighted by Gasteiger charge is -2.42. The Labute approximate surface area is 217 Å². The molecule has 0 aliphatic carbocycles. The van der Waals surface area contributed by atoms with Gasteiger partial charge in [-0.25, -0.2) is 4.79 Å². The lowest BCUT2D eigenvalue weighted by molar-refractivity contribution is -0.177. The van der Waals surface area contributed by atoms with Crippen molar-refractivity contribution in [2.45, 2.75) is 65.1 Å². The van der Waals surface area contributed by atoms with Crippen LogP contribution in [0.2, 0.25) is 0 Å². The summed E-state index contributed by atoms with van der Waals surface area (Å²) < 4.78 is 18.8. The maximum absolute atomic E-state index is 13.8. The third-order valence-electron chi connectivity index (χ3n) is 5.33. The van der Waals surface area contributed by atoms with Gasteiger partial charge in [-0.1, -0.05) is 0 Å². The summed E-state index contributed by atoms with van der Waals surface area (Å²) in [6.45, 7) is 11.9. The minimum Gasteiger partial charge on any atom is -0.462 e. The molecule has 0 fully saturated rings. The van der Waals surface area contributed by atoms with E-state index in [1.165, 1.54) is 6.20 Å². The quantitative estimate of drug-likeness (QED) is 0.229. The van der Waals surface area contributed by atoms with Gasteiger partial charge in [-0.05, 0) is 83.2 Å². The van der Waals surface area contributed by atoms with Gasteiger partial charge in [-0.3, -0.25) is 19.1 Å². The zero-order valence-corrected chi connectivity index (χ0v) is 23.4. The van der Waals surface area contributed by atoms with Crippen LogP contribution in [0.5, 0.6) is 0 Å². The van der Waals surface area contributed by atoms with Crippen LogP contribution in [0.15, 0.2) is 23.1 Å². The molecule has 3 rings (SSSR count). The monoisotopic (exact) mass is 598 g/mol. The van der Waals surface area contributed by atoms with Gasteiger partial charge in [0.2, 0.25) is 10.8 Å². The summed E-state index contributed by atoms with van der Waals surface area (Å²) in [6, 6.07) is 3.30. The first-order chi connectivity index (χ1) is 16.0. The smallest absolute Gasteiger partial charge is 0.343 e. The number of carbonyl (C=O) groups excluding carboxylic acids is 3. The number of hydrogen-bond acceptors (Lipinski definition) is 8. The van der Waals surface area contributed by atoms with Crippen LogP contribution in [-0.4, -0.2) is 54.0 Å². The highest BCUT2D eigenvalue weighted by molar-refractivity contribution is 14.1. The van der Waals surface area contributed by atoms with Gasteiger partial charge in [0.1, 0.15) is 16.8 Å². The molecule has 2 heterocycles. The summed E-state index contributed by atoms with van der Waals surface area (Å²) in [5.74, 6) is -2.29. The van der Waals surface area contributed by atoms with Crippen molar-refractivity contribution in [1.29, 1.82) is 0 Å². The van der Waals surface area contributed by atoms with Gasteiger partial charge in [0.15, 0.2) is 0 Å². The summed E-state index contributed by atoms with van der Waals surface area (Å²) in [7, 11) is 1.66. The predicted molar refractivity (Wildman–Crippen MR) is 139 cm³/mol. The molecule has 0 bridgehead atoms. The van der Waals surface area contributed by atoms with E-state index >= 15 is 0 Å². The first-order valence-electron chi connectivity index (χ1n) is 11.3. The molecule has 1 aliphatic rings. The molecule has 1 aromatic heterocycles. The molecule has 0 saturated carbocycles. The van der Waals surface area contributed by atoms with Crippen LogP contribution in [0.3, 0.4) is 0 Å². The Balaban J connectivity index is 2.44. The second-order valence-electron chi connectivity index (χ2n) is 10.5. The van der Waals surface area contributed by atoms with Gasteiger partial charge in [0.05, 0.1) is 18.7 Å². The van der Waals surface area contributed by atoms with Crippen LogP contribution in [-0.2, 0) is 29.2 Å². The summed E-state index contributed by atoms with van der Waals surface area (Å²) in [6.07, 6.45) is 1.38. The number of rotatable bonds is 4. The van der Waals surface area contributed by atoms with Crippen molar-refractivity contribution >= 4 is 51.4 Å². The summed E-state index contributed by atoms with van der Waals surface area (Å²) >= 11 is 2.02. The number of benzene rings is 1. The van der Waals surface area contributed by atoms with E-state index in [4.69, 9.17) is 14.2 Å². The molecule has 2 aromatic rings. The Hall–Kier alpha value is -2.63. The number of hydrogen-bond donors (Lipinski definition) is 0. The number of likely N-dealkylation sites (N-methyl/N-ethyl adjacent to an activating group) is 1. The molecule has 0 saturated heterocycles. The molecule has 9 nitrogen and oxygen atoms in total. The van der Waals surface area contributed by atoms with E-state index in [1.807, 2.05) is 22.6 Å². The molecule has 0 amide bonds. The highest BCUT2D eigenvalue weighted by Gasteiger charge is 2.57. The SMILES string of the molecule is CCOC(=O)c1cn2c3c(cc(I)cc3c1=O)C(C(=O)OC(C)(C)C)(C(=O)OC(C)(C)C)CN2C. The van der Waals surface area contributed by atoms with Gasteiger partial charge in [0, 0.05) is 27.8 Å². The van der Waals surface area contributed by atoms with Gasteiger partial charge in [0.25, 0.3) is 0 Å². The van der Waals surface area contributed by atoms with Crippen molar-refractivity contribution in [3.8, 4) is 0 Å². The van der Waals surface area contributed by atoms with Crippen LogP contribution in [0.4, 0.5) is 0 Å². The van der Waals surface area contributed by atoms with E-state index in [-0.39, 0.29) is 29.7 Å². The number of nitrogens with zero attached hydrogens (tertiary/aromatic N) is 2. The second kappa shape index (κ2) is 9.11. The van der Waals surface area contributed by atoms with E-state index in [2.05, 4.69) is 0 Å². The molecule has 35 heavy (non-hydrogen) atoms. The molecule has 0 spiro atoms. The van der Waals surface area contributed by atoms with E-state index < -0.39 is 40.0 Å². The van der Waals surface area contributed by atoms with E-state index in [1.54, 1.807) is 77.3 Å². The minimum absolute atomic E-state index is 0.115. The number of carbonyl (C=O) groups is 3. The van der Waals surface area contributed by atoms with E-state index in [9.17, 15) is 19.2 Å². The summed E-state index contributed by atoms with van der Waals surface area (Å²) in [5, 5.41) is 1.78. The maximum atomic E-state index is 13.8. The number of halogens is 1. The topological polar surface area (TPSA) is 104 Å². The highest BCUT2D eigenvalue weighted by Crippen LogP contribution is 2.40. The zero-order chi connectivity index (χ0) is 26.5. The van der Waals surface area contributed by atoms with Crippen molar-refractivity contribution in [2.75, 3.05) is 25.2 Å². The number of pyridine rings is 1. The van der Waals surface area contributed by atoms with E-state index in [0.717, 1.165) is 0 Å². The first-order valence-corrected chi connectivity index (χ1v) is 12.3. The zero-order valence-electron chi connectivity index (χ0n) is 21.3. The molecule has 0 N–H and O–H groups in total. The van der Waals surface area contributed by atoms with Crippen molar-refractivity contribution in [2.24, 2.45) is 0 Å². The molecular formula is C25H31IN2O7. The first kappa shape index (κ1) is 27.0. The largest absolute Gasteiger partial charge is 0.462 e. The number of esters is 3. The van der Waals surface area contributed by atoms with Crippen LogP contribution in [0.1, 0.15) is 64.4 Å². The maximum Gasteiger partial charge on any atom is 0.343 e. The van der Waals surface area contributed by atoms with Crippen molar-refractivity contribution in [1.82, 2.24) is 4.68 Å². The average Bonchev–Trinajstić information content (AvgIpc) is 2.69. The van der Waals surface area contributed by atoms with Crippen molar-refractivity contribution < 1.29 is 28.6 Å². The van der Waals surface area contributed by atoms with Crippen LogP contribution < -0.4 is 10.4 Å². The Morgan fingerprint density at radius 3 is 2.06 bits per heavy atom. The third kappa shape index (κ3) is 5.03. The van der Waals surface area contributed by atoms with Crippen molar-refractivity contribution in [3.63, 3.8) is 0 Å². The fourth-order valence-electron chi connectivity index (χ4n) is 4.03. The molecule has 0 radical (unpaired) electrons. The summed E-state index contributed by atoms with van der Waals surface area (Å²) in [4.78, 5) is 53.5. The Kier molecular flexibility index (Phi) is 7.02. The average molecular weight is 598 g/mol. The third-order valence-corrected chi connectivity index (χ3v) is 5.95. The Morgan fingerprint density at radius 1 is 1.03 bits per heavy atom. The Morgan fingerprint density at radius 2 is 1.57 bits per heavy atom. The van der Waals surface area contributed by atoms with Gasteiger partial charge < -0.3 is 19.2 Å². The van der Waals surface area contributed by atoms with Crippen LogP contribution in [0, 0.1) is 3.57 Å². The fourth-order valence-corrected chi connectivity index (χ4v) is 4.65. The highest BCUT2D eigenvalue weighted by atomic mass is 127. The Bertz CT molecular complexity index is 1240. The molecule has 0 atom stereocenters. The number of ether oxygens (including phenoxy) is 3. The second-order valence-corrected chi connectivity index (χ2v) is 11.8. The predicted octanol–water partition coefficient (Wildman–Crippen LogP) is 3.29. The van der Waals surface area contributed by atoms with Gasteiger partial charge in [-0.2, -0.15) is 0 Å².